The minimum Gasteiger partial charge on any atom is -0.330 e. The zero-order valence-corrected chi connectivity index (χ0v) is 7.23. The van der Waals surface area contributed by atoms with Crippen molar-refractivity contribution in [3.63, 3.8) is 0 Å². The molecule has 62 valence electrons. The van der Waals surface area contributed by atoms with Crippen LogP contribution in [0.25, 0.3) is 0 Å². The normalized spacial score (nSPS) is 10.4. The zero-order chi connectivity index (χ0) is 8.10. The smallest absolute Gasteiger partial charge is 0.0940 e. The van der Waals surface area contributed by atoms with Crippen LogP contribution in [-0.4, -0.2) is 18.1 Å². The first-order valence-corrected chi connectivity index (χ1v) is 4.58. The van der Waals surface area contributed by atoms with Crippen LogP contribution in [0, 0.1) is 0 Å². The summed E-state index contributed by atoms with van der Waals surface area (Å²) in [5.41, 5.74) is 11.9. The molecule has 0 saturated heterocycles. The Morgan fingerprint density at radius 2 is 2.00 bits per heavy atom. The second-order valence-electron chi connectivity index (χ2n) is 2.31. The monoisotopic (exact) mass is 171 g/mol. The molecule has 0 aliphatic carbocycles. The molecule has 0 radical (unpaired) electrons. The van der Waals surface area contributed by atoms with Gasteiger partial charge in [0.1, 0.15) is 0 Å². The van der Waals surface area contributed by atoms with Crippen molar-refractivity contribution >= 4 is 11.3 Å². The summed E-state index contributed by atoms with van der Waals surface area (Å²) in [6.07, 6.45) is 1.76. The lowest BCUT2D eigenvalue weighted by Crippen LogP contribution is -2.04. The number of hydrogen-bond acceptors (Lipinski definition) is 4. The van der Waals surface area contributed by atoms with Crippen LogP contribution in [0.1, 0.15) is 10.7 Å². The number of thiazole rings is 1. The number of hydrogen-bond donors (Lipinski definition) is 2. The SMILES string of the molecule is NCCc1csc(CCN)n1. The zero-order valence-electron chi connectivity index (χ0n) is 6.42. The summed E-state index contributed by atoms with van der Waals surface area (Å²) in [6.45, 7) is 1.35. The lowest BCUT2D eigenvalue weighted by molar-refractivity contribution is 0.897. The van der Waals surface area contributed by atoms with Gasteiger partial charge in [-0.15, -0.1) is 11.3 Å². The Morgan fingerprint density at radius 3 is 2.64 bits per heavy atom. The van der Waals surface area contributed by atoms with E-state index in [0.29, 0.717) is 13.1 Å². The van der Waals surface area contributed by atoms with E-state index < -0.39 is 0 Å². The lowest BCUT2D eigenvalue weighted by atomic mass is 10.3. The molecule has 0 aliphatic rings. The van der Waals surface area contributed by atoms with Gasteiger partial charge >= 0.3 is 0 Å². The minimum absolute atomic E-state index is 0.672. The van der Waals surface area contributed by atoms with Gasteiger partial charge in [0.15, 0.2) is 0 Å². The van der Waals surface area contributed by atoms with Crippen molar-refractivity contribution in [1.29, 1.82) is 0 Å². The second-order valence-corrected chi connectivity index (χ2v) is 3.25. The second kappa shape index (κ2) is 4.43. The van der Waals surface area contributed by atoms with Crippen molar-refractivity contribution in [2.24, 2.45) is 11.5 Å². The maximum absolute atomic E-state index is 5.39. The average molecular weight is 171 g/mol. The topological polar surface area (TPSA) is 64.9 Å². The summed E-state index contributed by atoms with van der Waals surface area (Å²) >= 11 is 1.67. The highest BCUT2D eigenvalue weighted by molar-refractivity contribution is 7.09. The third-order valence-corrected chi connectivity index (χ3v) is 2.32. The first-order valence-electron chi connectivity index (χ1n) is 3.70. The van der Waals surface area contributed by atoms with E-state index in [1.54, 1.807) is 11.3 Å². The van der Waals surface area contributed by atoms with Crippen LogP contribution in [0.3, 0.4) is 0 Å². The van der Waals surface area contributed by atoms with E-state index in [-0.39, 0.29) is 0 Å². The van der Waals surface area contributed by atoms with Gasteiger partial charge in [-0.3, -0.25) is 0 Å². The molecule has 0 aliphatic heterocycles. The Morgan fingerprint density at radius 1 is 1.27 bits per heavy atom. The minimum atomic E-state index is 0.672. The average Bonchev–Trinajstić information content (AvgIpc) is 2.38. The highest BCUT2D eigenvalue weighted by Gasteiger charge is 1.98. The molecule has 0 aromatic carbocycles. The number of aromatic nitrogens is 1. The third kappa shape index (κ3) is 2.57. The molecule has 1 aromatic rings. The van der Waals surface area contributed by atoms with Gasteiger partial charge in [0.2, 0.25) is 0 Å². The Hall–Kier alpha value is -0.450. The van der Waals surface area contributed by atoms with Gasteiger partial charge in [-0.1, -0.05) is 0 Å². The fourth-order valence-corrected chi connectivity index (χ4v) is 1.70. The van der Waals surface area contributed by atoms with Crippen LogP contribution < -0.4 is 11.5 Å². The van der Waals surface area contributed by atoms with Gasteiger partial charge in [0, 0.05) is 18.2 Å². The van der Waals surface area contributed by atoms with E-state index in [2.05, 4.69) is 10.4 Å². The summed E-state index contributed by atoms with van der Waals surface area (Å²) in [4.78, 5) is 4.35. The molecule has 0 amide bonds. The van der Waals surface area contributed by atoms with Crippen LogP contribution in [0.2, 0.25) is 0 Å². The number of rotatable bonds is 4. The van der Waals surface area contributed by atoms with Gasteiger partial charge in [-0.2, -0.15) is 0 Å². The van der Waals surface area contributed by atoms with Crippen molar-refractivity contribution in [3.05, 3.63) is 16.1 Å². The van der Waals surface area contributed by atoms with Crippen LogP contribution in [0.4, 0.5) is 0 Å². The van der Waals surface area contributed by atoms with Gasteiger partial charge in [-0.25, -0.2) is 4.98 Å². The maximum Gasteiger partial charge on any atom is 0.0940 e. The van der Waals surface area contributed by atoms with Crippen molar-refractivity contribution in [2.45, 2.75) is 12.8 Å². The predicted molar refractivity (Wildman–Crippen MR) is 47.6 cm³/mol. The van der Waals surface area contributed by atoms with Gasteiger partial charge in [0.25, 0.3) is 0 Å². The molecule has 0 atom stereocenters. The third-order valence-electron chi connectivity index (χ3n) is 1.36. The number of nitrogens with two attached hydrogens (primary N) is 2. The van der Waals surface area contributed by atoms with E-state index in [1.807, 2.05) is 0 Å². The van der Waals surface area contributed by atoms with E-state index in [0.717, 1.165) is 23.5 Å². The molecule has 1 heterocycles. The van der Waals surface area contributed by atoms with Gasteiger partial charge < -0.3 is 11.5 Å². The Labute approximate surface area is 70.4 Å². The summed E-state index contributed by atoms with van der Waals surface area (Å²) in [5.74, 6) is 0. The molecule has 4 N–H and O–H groups in total. The lowest BCUT2D eigenvalue weighted by Gasteiger charge is -1.89. The van der Waals surface area contributed by atoms with Crippen molar-refractivity contribution in [3.8, 4) is 0 Å². The predicted octanol–water partition coefficient (Wildman–Crippen LogP) is 0.145. The molecular weight excluding hydrogens is 158 g/mol. The Balaban J connectivity index is 2.51. The standard InChI is InChI=1S/C7H13N3S/c8-3-1-6-5-11-7(10-6)2-4-9/h5H,1-4,8-9H2. The molecule has 0 fully saturated rings. The summed E-state index contributed by atoms with van der Waals surface area (Å²) < 4.78 is 0. The van der Waals surface area contributed by atoms with Crippen LogP contribution in [0.5, 0.6) is 0 Å². The van der Waals surface area contributed by atoms with Crippen molar-refractivity contribution in [2.75, 3.05) is 13.1 Å². The summed E-state index contributed by atoms with van der Waals surface area (Å²) in [7, 11) is 0. The molecule has 0 unspecified atom stereocenters. The maximum atomic E-state index is 5.39. The summed E-state index contributed by atoms with van der Waals surface area (Å²) in [5, 5.41) is 3.17. The first-order chi connectivity index (χ1) is 5.36. The van der Waals surface area contributed by atoms with Crippen molar-refractivity contribution in [1.82, 2.24) is 4.98 Å². The first kappa shape index (κ1) is 8.64. The van der Waals surface area contributed by atoms with E-state index in [9.17, 15) is 0 Å². The molecule has 3 nitrogen and oxygen atoms in total. The highest BCUT2D eigenvalue weighted by atomic mass is 32.1. The molecule has 1 rings (SSSR count). The van der Waals surface area contributed by atoms with Crippen LogP contribution in [0.15, 0.2) is 5.38 Å². The fourth-order valence-electron chi connectivity index (χ4n) is 0.850. The quantitative estimate of drug-likeness (QED) is 0.677. The van der Waals surface area contributed by atoms with Gasteiger partial charge in [0.05, 0.1) is 10.7 Å². The Bertz CT molecular complexity index is 189. The van der Waals surface area contributed by atoms with Crippen molar-refractivity contribution < 1.29 is 0 Å². The molecular formula is C7H13N3S. The fraction of sp³-hybridized carbons (Fsp3) is 0.571. The van der Waals surface area contributed by atoms with E-state index in [4.69, 9.17) is 11.5 Å². The van der Waals surface area contributed by atoms with Crippen LogP contribution in [-0.2, 0) is 12.8 Å². The van der Waals surface area contributed by atoms with Gasteiger partial charge in [-0.05, 0) is 13.1 Å². The molecule has 0 spiro atoms. The molecule has 0 saturated carbocycles. The molecule has 11 heavy (non-hydrogen) atoms. The summed E-state index contributed by atoms with van der Waals surface area (Å²) in [6, 6.07) is 0. The molecule has 0 bridgehead atoms. The Kier molecular flexibility index (Phi) is 3.48. The van der Waals surface area contributed by atoms with E-state index in [1.165, 1.54) is 0 Å². The van der Waals surface area contributed by atoms with Crippen LogP contribution >= 0.6 is 11.3 Å². The highest BCUT2D eigenvalue weighted by Crippen LogP contribution is 2.09. The number of nitrogens with zero attached hydrogens (tertiary/aromatic N) is 1. The molecule has 1 aromatic heterocycles. The molecule has 4 heteroatoms. The van der Waals surface area contributed by atoms with E-state index >= 15 is 0 Å². The largest absolute Gasteiger partial charge is 0.330 e.